The summed E-state index contributed by atoms with van der Waals surface area (Å²) in [5.41, 5.74) is 4.97. The largest absolute Gasteiger partial charge is 0.573 e. The maximum Gasteiger partial charge on any atom is 0.573 e. The van der Waals surface area contributed by atoms with Gasteiger partial charge in [-0.25, -0.2) is 4.98 Å². The van der Waals surface area contributed by atoms with Crippen LogP contribution in [-0.4, -0.2) is 23.5 Å². The highest BCUT2D eigenvalue weighted by molar-refractivity contribution is 5.32. The summed E-state index contributed by atoms with van der Waals surface area (Å²) >= 11 is 0. The van der Waals surface area contributed by atoms with Crippen molar-refractivity contribution in [2.24, 2.45) is 5.73 Å². The molecule has 1 rings (SSSR count). The maximum absolute atomic E-state index is 12.1. The third-order valence-electron chi connectivity index (χ3n) is 1.54. The van der Waals surface area contributed by atoms with Crippen LogP contribution in [0.25, 0.3) is 0 Å². The smallest absolute Gasteiger partial charge is 0.473 e. The lowest BCUT2D eigenvalue weighted by Crippen LogP contribution is -2.38. The van der Waals surface area contributed by atoms with Gasteiger partial charge in [0.2, 0.25) is 0 Å². The number of nitrogens with zero attached hydrogens (tertiary/aromatic N) is 1. The van der Waals surface area contributed by atoms with Gasteiger partial charge < -0.3 is 15.2 Å². The Morgan fingerprint density at radius 1 is 1.35 bits per heavy atom. The Hall–Kier alpha value is -1.50. The van der Waals surface area contributed by atoms with E-state index in [1.807, 2.05) is 0 Å². The highest BCUT2D eigenvalue weighted by atomic mass is 19.4. The van der Waals surface area contributed by atoms with Gasteiger partial charge >= 0.3 is 6.36 Å². The van der Waals surface area contributed by atoms with E-state index in [2.05, 4.69) is 9.72 Å². The van der Waals surface area contributed by atoms with Gasteiger partial charge in [-0.15, -0.1) is 13.2 Å². The summed E-state index contributed by atoms with van der Waals surface area (Å²) in [6.45, 7) is 3.39. The second kappa shape index (κ2) is 4.79. The van der Waals surface area contributed by atoms with Crippen molar-refractivity contribution in [1.82, 2.24) is 4.98 Å². The van der Waals surface area contributed by atoms with Crippen molar-refractivity contribution in [3.05, 3.63) is 18.3 Å². The highest BCUT2D eigenvalue weighted by Crippen LogP contribution is 2.30. The lowest BCUT2D eigenvalue weighted by Gasteiger charge is -2.19. The topological polar surface area (TPSA) is 57.4 Å². The quantitative estimate of drug-likeness (QED) is 0.889. The molecule has 0 amide bonds. The Morgan fingerprint density at radius 2 is 2.00 bits per heavy atom. The van der Waals surface area contributed by atoms with E-state index in [4.69, 9.17) is 10.5 Å². The minimum Gasteiger partial charge on any atom is -0.473 e. The fourth-order valence-electron chi connectivity index (χ4n) is 0.941. The first-order valence-corrected chi connectivity index (χ1v) is 4.80. The molecule has 0 saturated heterocycles. The zero-order valence-electron chi connectivity index (χ0n) is 9.41. The van der Waals surface area contributed by atoms with Crippen LogP contribution in [0.4, 0.5) is 13.2 Å². The zero-order valence-corrected chi connectivity index (χ0v) is 9.41. The van der Waals surface area contributed by atoms with Gasteiger partial charge in [0.1, 0.15) is 6.61 Å². The average Bonchev–Trinajstić information content (AvgIpc) is 2.12. The van der Waals surface area contributed by atoms with Crippen molar-refractivity contribution in [3.8, 4) is 11.6 Å². The summed E-state index contributed by atoms with van der Waals surface area (Å²) in [4.78, 5) is 3.66. The molecule has 0 radical (unpaired) electrons. The molecule has 96 valence electrons. The first kappa shape index (κ1) is 13.6. The highest BCUT2D eigenvalue weighted by Gasteiger charge is 2.33. The number of aromatic nitrogens is 1. The summed E-state index contributed by atoms with van der Waals surface area (Å²) in [6.07, 6.45) is -3.47. The lowest BCUT2D eigenvalue weighted by molar-refractivity contribution is -0.275. The van der Waals surface area contributed by atoms with Crippen LogP contribution in [-0.2, 0) is 0 Å². The molecule has 4 nitrogen and oxygen atoms in total. The van der Waals surface area contributed by atoms with Gasteiger partial charge in [0, 0.05) is 11.7 Å². The molecule has 0 aliphatic carbocycles. The van der Waals surface area contributed by atoms with Crippen LogP contribution >= 0.6 is 0 Å². The predicted octanol–water partition coefficient (Wildman–Crippen LogP) is 2.10. The second-order valence-corrected chi connectivity index (χ2v) is 4.13. The van der Waals surface area contributed by atoms with E-state index >= 15 is 0 Å². The van der Waals surface area contributed by atoms with Crippen LogP contribution in [0, 0.1) is 0 Å². The molecule has 0 aromatic carbocycles. The van der Waals surface area contributed by atoms with E-state index in [1.165, 1.54) is 12.3 Å². The van der Waals surface area contributed by atoms with Gasteiger partial charge in [0.25, 0.3) is 5.88 Å². The SMILES string of the molecule is CC(C)(N)COc1ncccc1OC(F)(F)F. The van der Waals surface area contributed by atoms with Crippen LogP contribution in [0.3, 0.4) is 0 Å². The standard InChI is InChI=1S/C10H13F3N2O2/c1-9(2,14)6-16-8-7(4-3-5-15-8)17-10(11,12)13/h3-5H,6,14H2,1-2H3. The van der Waals surface area contributed by atoms with E-state index in [0.717, 1.165) is 6.07 Å². The molecular formula is C10H13F3N2O2. The number of hydrogen-bond acceptors (Lipinski definition) is 4. The second-order valence-electron chi connectivity index (χ2n) is 4.13. The van der Waals surface area contributed by atoms with Crippen molar-refractivity contribution in [2.75, 3.05) is 6.61 Å². The summed E-state index contributed by atoms with van der Waals surface area (Å²) in [5, 5.41) is 0. The Labute approximate surface area is 96.5 Å². The molecule has 2 N–H and O–H groups in total. The fraction of sp³-hybridized carbons (Fsp3) is 0.500. The first-order valence-electron chi connectivity index (χ1n) is 4.80. The molecule has 0 aliphatic rings. The predicted molar refractivity (Wildman–Crippen MR) is 54.7 cm³/mol. The molecule has 1 aromatic rings. The summed E-state index contributed by atoms with van der Waals surface area (Å²) < 4.78 is 45.1. The summed E-state index contributed by atoms with van der Waals surface area (Å²) in [5.74, 6) is -0.715. The zero-order chi connectivity index (χ0) is 13.1. The number of ether oxygens (including phenoxy) is 2. The van der Waals surface area contributed by atoms with Gasteiger partial charge in [-0.2, -0.15) is 0 Å². The van der Waals surface area contributed by atoms with E-state index in [9.17, 15) is 13.2 Å². The lowest BCUT2D eigenvalue weighted by atomic mass is 10.1. The van der Waals surface area contributed by atoms with Crippen LogP contribution in [0.5, 0.6) is 11.6 Å². The van der Waals surface area contributed by atoms with Crippen LogP contribution < -0.4 is 15.2 Å². The van der Waals surface area contributed by atoms with Gasteiger partial charge in [0.05, 0.1) is 0 Å². The molecule has 0 aliphatic heterocycles. The van der Waals surface area contributed by atoms with Gasteiger partial charge in [-0.1, -0.05) is 0 Å². The molecule has 0 saturated carbocycles. The van der Waals surface area contributed by atoms with Crippen LogP contribution in [0.2, 0.25) is 0 Å². The number of halogens is 3. The maximum atomic E-state index is 12.1. The molecule has 0 spiro atoms. The van der Waals surface area contributed by atoms with Crippen molar-refractivity contribution in [1.29, 1.82) is 0 Å². The van der Waals surface area contributed by atoms with Crippen molar-refractivity contribution in [2.45, 2.75) is 25.7 Å². The Kier molecular flexibility index (Phi) is 3.82. The van der Waals surface area contributed by atoms with Crippen molar-refractivity contribution < 1.29 is 22.6 Å². The number of nitrogens with two attached hydrogens (primary N) is 1. The molecule has 0 fully saturated rings. The molecule has 0 unspecified atom stereocenters. The van der Waals surface area contributed by atoms with E-state index in [-0.39, 0.29) is 12.5 Å². The molecule has 0 atom stereocenters. The van der Waals surface area contributed by atoms with Gasteiger partial charge in [-0.05, 0) is 26.0 Å². The minimum atomic E-state index is -4.78. The number of alkyl halides is 3. The Balaban J connectivity index is 2.78. The molecule has 0 bridgehead atoms. The Morgan fingerprint density at radius 3 is 2.53 bits per heavy atom. The average molecular weight is 250 g/mol. The summed E-state index contributed by atoms with van der Waals surface area (Å²) in [6, 6.07) is 2.45. The number of pyridine rings is 1. The molecular weight excluding hydrogens is 237 g/mol. The van der Waals surface area contributed by atoms with E-state index in [0.29, 0.717) is 0 Å². The van der Waals surface area contributed by atoms with Crippen molar-refractivity contribution >= 4 is 0 Å². The Bertz CT molecular complexity index is 375. The molecule has 1 heterocycles. The number of rotatable bonds is 4. The van der Waals surface area contributed by atoms with Crippen LogP contribution in [0.15, 0.2) is 18.3 Å². The van der Waals surface area contributed by atoms with Crippen molar-refractivity contribution in [3.63, 3.8) is 0 Å². The first-order chi connectivity index (χ1) is 7.67. The monoisotopic (exact) mass is 250 g/mol. The third-order valence-corrected chi connectivity index (χ3v) is 1.54. The summed E-state index contributed by atoms with van der Waals surface area (Å²) in [7, 11) is 0. The minimum absolute atomic E-state index is 0.0260. The van der Waals surface area contributed by atoms with E-state index < -0.39 is 17.7 Å². The molecule has 7 heteroatoms. The molecule has 1 aromatic heterocycles. The van der Waals surface area contributed by atoms with Gasteiger partial charge in [0.15, 0.2) is 5.75 Å². The molecule has 17 heavy (non-hydrogen) atoms. The van der Waals surface area contributed by atoms with Gasteiger partial charge in [-0.3, -0.25) is 0 Å². The normalized spacial score (nSPS) is 12.4. The van der Waals surface area contributed by atoms with E-state index in [1.54, 1.807) is 13.8 Å². The number of hydrogen-bond donors (Lipinski definition) is 1. The fourth-order valence-corrected chi connectivity index (χ4v) is 0.941. The third kappa shape index (κ3) is 5.39. The van der Waals surface area contributed by atoms with Crippen LogP contribution in [0.1, 0.15) is 13.8 Å².